The Morgan fingerprint density at radius 2 is 1.69 bits per heavy atom. The zero-order chi connectivity index (χ0) is 27.1. The van der Waals surface area contributed by atoms with Gasteiger partial charge in [0.15, 0.2) is 0 Å². The predicted octanol–water partition coefficient (Wildman–Crippen LogP) is 3.82. The fourth-order valence-corrected chi connectivity index (χ4v) is 5.51. The van der Waals surface area contributed by atoms with Crippen molar-refractivity contribution < 1.29 is 19.5 Å². The maximum Gasteiger partial charge on any atom is 0.245 e. The molecule has 3 atom stereocenters. The van der Waals surface area contributed by atoms with Crippen LogP contribution in [0, 0.1) is 22.7 Å². The van der Waals surface area contributed by atoms with Crippen molar-refractivity contribution in [2.75, 3.05) is 26.2 Å². The van der Waals surface area contributed by atoms with Gasteiger partial charge in [-0.15, -0.1) is 0 Å². The third-order valence-electron chi connectivity index (χ3n) is 7.80. The highest BCUT2D eigenvalue weighted by atomic mass is 35.5. The molecule has 2 fully saturated rings. The Balaban J connectivity index is 1.68. The molecule has 7 nitrogen and oxygen atoms in total. The number of benzene rings is 1. The molecule has 0 spiro atoms. The van der Waals surface area contributed by atoms with Crippen LogP contribution >= 0.6 is 11.6 Å². The van der Waals surface area contributed by atoms with E-state index in [0.29, 0.717) is 44.0 Å². The minimum absolute atomic E-state index is 0.0398. The van der Waals surface area contributed by atoms with E-state index >= 15 is 0 Å². The molecule has 0 unspecified atom stereocenters. The minimum atomic E-state index is -1.10. The molecule has 2 aliphatic heterocycles. The third kappa shape index (κ3) is 5.72. The standard InChI is InChI=1S/C28H42ClN3O4/c1-18(2)22(30-23(33)19-12-14-31(16-19)25(35)26(3,4)5)24(34)32-15-13-28(36,27(6,7)17-32)20-8-10-21(29)11-9-20/h8-11,18-19,22,36H,12-17H2,1-7H3,(H,30,33)/t19-,22-,28+/m1/s1. The van der Waals surface area contributed by atoms with Crippen LogP contribution in [-0.2, 0) is 20.0 Å². The maximum atomic E-state index is 13.6. The second-order valence-electron chi connectivity index (χ2n) is 12.5. The number of halogens is 1. The first kappa shape index (κ1) is 28.5. The van der Waals surface area contributed by atoms with Crippen LogP contribution in [0.4, 0.5) is 0 Å². The van der Waals surface area contributed by atoms with Crippen LogP contribution in [-0.4, -0.2) is 64.8 Å². The first-order valence-electron chi connectivity index (χ1n) is 12.9. The smallest absolute Gasteiger partial charge is 0.245 e. The van der Waals surface area contributed by atoms with Gasteiger partial charge in [0, 0.05) is 42.0 Å². The van der Waals surface area contributed by atoms with Crippen molar-refractivity contribution in [1.82, 2.24) is 15.1 Å². The molecular weight excluding hydrogens is 478 g/mol. The summed E-state index contributed by atoms with van der Waals surface area (Å²) in [7, 11) is 0. The quantitative estimate of drug-likeness (QED) is 0.618. The van der Waals surface area contributed by atoms with Gasteiger partial charge in [-0.2, -0.15) is 0 Å². The number of likely N-dealkylation sites (tertiary alicyclic amines) is 2. The second-order valence-corrected chi connectivity index (χ2v) is 12.9. The molecule has 36 heavy (non-hydrogen) atoms. The summed E-state index contributed by atoms with van der Waals surface area (Å²) in [6, 6.07) is 6.56. The van der Waals surface area contributed by atoms with Crippen molar-refractivity contribution in [2.45, 2.75) is 73.0 Å². The lowest BCUT2D eigenvalue weighted by molar-refractivity contribution is -0.157. The van der Waals surface area contributed by atoms with Crippen LogP contribution in [0.1, 0.15) is 66.9 Å². The van der Waals surface area contributed by atoms with E-state index in [1.54, 1.807) is 21.9 Å². The summed E-state index contributed by atoms with van der Waals surface area (Å²) < 4.78 is 0. The molecule has 1 aromatic rings. The van der Waals surface area contributed by atoms with E-state index in [0.717, 1.165) is 5.56 Å². The first-order chi connectivity index (χ1) is 16.6. The fourth-order valence-electron chi connectivity index (χ4n) is 5.39. The number of amides is 3. The minimum Gasteiger partial charge on any atom is -0.384 e. The SMILES string of the molecule is CC(C)[C@@H](NC(=O)[C@@H]1CCN(C(=O)C(C)(C)C)C1)C(=O)N1CC[C@](O)(c2ccc(Cl)cc2)C(C)(C)C1. The summed E-state index contributed by atoms with van der Waals surface area (Å²) in [6.45, 7) is 15.1. The molecule has 3 amide bonds. The van der Waals surface area contributed by atoms with E-state index in [-0.39, 0.29) is 29.6 Å². The molecular formula is C28H42ClN3O4. The predicted molar refractivity (Wildman–Crippen MR) is 141 cm³/mol. The first-order valence-corrected chi connectivity index (χ1v) is 13.3. The number of carbonyl (C=O) groups excluding carboxylic acids is 3. The van der Waals surface area contributed by atoms with Crippen molar-refractivity contribution in [3.05, 3.63) is 34.9 Å². The normalized spacial score (nSPS) is 25.1. The topological polar surface area (TPSA) is 90.0 Å². The van der Waals surface area contributed by atoms with Gasteiger partial charge in [0.25, 0.3) is 0 Å². The Labute approximate surface area is 220 Å². The van der Waals surface area contributed by atoms with Crippen LogP contribution in [0.15, 0.2) is 24.3 Å². The van der Waals surface area contributed by atoms with Gasteiger partial charge in [-0.25, -0.2) is 0 Å². The fraction of sp³-hybridized carbons (Fsp3) is 0.679. The van der Waals surface area contributed by atoms with Gasteiger partial charge < -0.3 is 20.2 Å². The monoisotopic (exact) mass is 519 g/mol. The summed E-state index contributed by atoms with van der Waals surface area (Å²) in [6.07, 6.45) is 0.982. The van der Waals surface area contributed by atoms with Gasteiger partial charge in [-0.3, -0.25) is 14.4 Å². The Bertz CT molecular complexity index is 986. The third-order valence-corrected chi connectivity index (χ3v) is 8.05. The summed E-state index contributed by atoms with van der Waals surface area (Å²) in [4.78, 5) is 42.9. The van der Waals surface area contributed by atoms with Crippen molar-refractivity contribution in [3.8, 4) is 0 Å². The van der Waals surface area contributed by atoms with Crippen LogP contribution in [0.2, 0.25) is 5.02 Å². The molecule has 2 heterocycles. The van der Waals surface area contributed by atoms with Gasteiger partial charge in [0.2, 0.25) is 17.7 Å². The van der Waals surface area contributed by atoms with E-state index in [2.05, 4.69) is 5.32 Å². The van der Waals surface area contributed by atoms with Crippen molar-refractivity contribution >= 4 is 29.3 Å². The molecule has 1 aromatic carbocycles. The second kappa shape index (κ2) is 10.3. The van der Waals surface area contributed by atoms with E-state index < -0.39 is 22.5 Å². The number of carbonyl (C=O) groups is 3. The number of rotatable bonds is 5. The van der Waals surface area contributed by atoms with E-state index in [4.69, 9.17) is 11.6 Å². The van der Waals surface area contributed by atoms with E-state index in [1.807, 2.05) is 60.6 Å². The maximum absolute atomic E-state index is 13.6. The number of hydrogen-bond acceptors (Lipinski definition) is 4. The molecule has 0 aliphatic carbocycles. The lowest BCUT2D eigenvalue weighted by atomic mass is 9.66. The zero-order valence-electron chi connectivity index (χ0n) is 22.7. The van der Waals surface area contributed by atoms with Crippen LogP contribution in [0.25, 0.3) is 0 Å². The zero-order valence-corrected chi connectivity index (χ0v) is 23.5. The molecule has 2 aliphatic rings. The van der Waals surface area contributed by atoms with Gasteiger partial charge in [0.05, 0.1) is 11.5 Å². The molecule has 0 radical (unpaired) electrons. The Kier molecular flexibility index (Phi) is 8.16. The highest BCUT2D eigenvalue weighted by Crippen LogP contribution is 2.46. The molecule has 0 saturated carbocycles. The molecule has 2 saturated heterocycles. The summed E-state index contributed by atoms with van der Waals surface area (Å²) in [5.41, 5.74) is -1.41. The average Bonchev–Trinajstić information content (AvgIpc) is 3.28. The Morgan fingerprint density at radius 1 is 1.08 bits per heavy atom. The van der Waals surface area contributed by atoms with Gasteiger partial charge >= 0.3 is 0 Å². The van der Waals surface area contributed by atoms with Crippen molar-refractivity contribution in [2.24, 2.45) is 22.7 Å². The van der Waals surface area contributed by atoms with Crippen LogP contribution in [0.5, 0.6) is 0 Å². The highest BCUT2D eigenvalue weighted by Gasteiger charge is 2.50. The molecule has 200 valence electrons. The van der Waals surface area contributed by atoms with E-state index in [1.165, 1.54) is 0 Å². The summed E-state index contributed by atoms with van der Waals surface area (Å²) in [5.74, 6) is -0.697. The lowest BCUT2D eigenvalue weighted by Gasteiger charge is -2.51. The number of nitrogens with zero attached hydrogens (tertiary/aromatic N) is 2. The lowest BCUT2D eigenvalue weighted by Crippen LogP contribution is -2.60. The van der Waals surface area contributed by atoms with E-state index in [9.17, 15) is 19.5 Å². The molecule has 3 rings (SSSR count). The Morgan fingerprint density at radius 3 is 2.22 bits per heavy atom. The molecule has 2 N–H and O–H groups in total. The van der Waals surface area contributed by atoms with Gasteiger partial charge in [-0.1, -0.05) is 72.2 Å². The number of nitrogens with one attached hydrogen (secondary N) is 1. The number of aliphatic hydroxyl groups is 1. The van der Waals surface area contributed by atoms with Gasteiger partial charge in [0.1, 0.15) is 6.04 Å². The van der Waals surface area contributed by atoms with Crippen LogP contribution < -0.4 is 5.32 Å². The molecule has 0 bridgehead atoms. The van der Waals surface area contributed by atoms with Crippen LogP contribution in [0.3, 0.4) is 0 Å². The average molecular weight is 520 g/mol. The molecule has 8 heteroatoms. The number of hydrogen-bond donors (Lipinski definition) is 2. The summed E-state index contributed by atoms with van der Waals surface area (Å²) in [5, 5.41) is 15.2. The number of piperidine rings is 1. The Hall–Kier alpha value is -2.12. The van der Waals surface area contributed by atoms with Crippen molar-refractivity contribution in [3.63, 3.8) is 0 Å². The summed E-state index contributed by atoms with van der Waals surface area (Å²) >= 11 is 6.04. The highest BCUT2D eigenvalue weighted by molar-refractivity contribution is 6.30. The van der Waals surface area contributed by atoms with Gasteiger partial charge in [-0.05, 0) is 36.5 Å². The van der Waals surface area contributed by atoms with Crippen molar-refractivity contribution in [1.29, 1.82) is 0 Å². The molecule has 0 aromatic heterocycles. The largest absolute Gasteiger partial charge is 0.384 e.